The SMILES string of the molecule is CN(C1CCSC1)S(=O)(=O)Cc1ccc(C#N)cc1. The number of nitrogens with zero attached hydrogens (tertiary/aromatic N) is 2. The van der Waals surface area contributed by atoms with Crippen molar-refractivity contribution in [2.24, 2.45) is 0 Å². The molecule has 6 heteroatoms. The first-order valence-corrected chi connectivity index (χ1v) is 8.82. The van der Waals surface area contributed by atoms with Crippen LogP contribution in [0.2, 0.25) is 0 Å². The molecule has 2 rings (SSSR count). The molecule has 1 saturated heterocycles. The maximum atomic E-state index is 12.3. The molecule has 0 amide bonds. The molecule has 1 aliphatic heterocycles. The third kappa shape index (κ3) is 3.50. The maximum Gasteiger partial charge on any atom is 0.218 e. The second kappa shape index (κ2) is 5.95. The first-order chi connectivity index (χ1) is 9.03. The van der Waals surface area contributed by atoms with Gasteiger partial charge in [-0.25, -0.2) is 12.7 Å². The van der Waals surface area contributed by atoms with Crippen LogP contribution in [0.25, 0.3) is 0 Å². The molecule has 1 aliphatic rings. The number of hydrogen-bond acceptors (Lipinski definition) is 4. The number of benzene rings is 1. The average molecular weight is 296 g/mol. The average Bonchev–Trinajstić information content (AvgIpc) is 2.92. The molecule has 0 bridgehead atoms. The Labute approximate surface area is 118 Å². The van der Waals surface area contributed by atoms with Gasteiger partial charge in [0.25, 0.3) is 0 Å². The van der Waals surface area contributed by atoms with Crippen molar-refractivity contribution in [1.29, 1.82) is 5.26 Å². The van der Waals surface area contributed by atoms with Gasteiger partial charge in [0.2, 0.25) is 10.0 Å². The number of nitriles is 1. The van der Waals surface area contributed by atoms with Crippen molar-refractivity contribution >= 4 is 21.8 Å². The minimum absolute atomic E-state index is 0.00360. The quantitative estimate of drug-likeness (QED) is 0.850. The third-order valence-corrected chi connectivity index (χ3v) is 6.31. The molecule has 1 aromatic rings. The van der Waals surface area contributed by atoms with E-state index in [0.29, 0.717) is 5.56 Å². The molecule has 1 unspecified atom stereocenters. The second-order valence-corrected chi connectivity index (χ2v) is 7.78. The summed E-state index contributed by atoms with van der Waals surface area (Å²) in [6.07, 6.45) is 0.924. The number of hydrogen-bond donors (Lipinski definition) is 0. The predicted molar refractivity (Wildman–Crippen MR) is 77.3 cm³/mol. The molecule has 19 heavy (non-hydrogen) atoms. The first-order valence-electron chi connectivity index (χ1n) is 6.05. The van der Waals surface area contributed by atoms with Gasteiger partial charge in [-0.1, -0.05) is 12.1 Å². The standard InChI is InChI=1S/C13H16N2O2S2/c1-15(13-6-7-18-9-13)19(16,17)10-12-4-2-11(8-14)3-5-12/h2-5,13H,6-7,9-10H2,1H3. The lowest BCUT2D eigenvalue weighted by molar-refractivity contribution is 0.394. The van der Waals surface area contributed by atoms with Crippen LogP contribution < -0.4 is 0 Å². The van der Waals surface area contributed by atoms with Gasteiger partial charge in [-0.2, -0.15) is 17.0 Å². The van der Waals surface area contributed by atoms with Crippen LogP contribution in [0.4, 0.5) is 0 Å². The molecule has 0 N–H and O–H groups in total. The smallest absolute Gasteiger partial charge is 0.212 e. The van der Waals surface area contributed by atoms with Gasteiger partial charge >= 0.3 is 0 Å². The van der Waals surface area contributed by atoms with E-state index in [9.17, 15) is 8.42 Å². The number of sulfonamides is 1. The Morgan fingerprint density at radius 2 is 2.11 bits per heavy atom. The van der Waals surface area contributed by atoms with Crippen LogP contribution in [-0.4, -0.2) is 37.3 Å². The fourth-order valence-corrected chi connectivity index (χ4v) is 4.84. The van der Waals surface area contributed by atoms with E-state index in [-0.39, 0.29) is 11.8 Å². The zero-order valence-corrected chi connectivity index (χ0v) is 12.4. The molecule has 102 valence electrons. The topological polar surface area (TPSA) is 61.2 Å². The van der Waals surface area contributed by atoms with Crippen molar-refractivity contribution in [2.75, 3.05) is 18.6 Å². The number of rotatable bonds is 4. The molecule has 0 saturated carbocycles. The van der Waals surface area contributed by atoms with Crippen LogP contribution in [-0.2, 0) is 15.8 Å². The van der Waals surface area contributed by atoms with Gasteiger partial charge in [-0.3, -0.25) is 0 Å². The zero-order valence-electron chi connectivity index (χ0n) is 10.7. The summed E-state index contributed by atoms with van der Waals surface area (Å²) in [5, 5.41) is 8.71. The summed E-state index contributed by atoms with van der Waals surface area (Å²) in [6.45, 7) is 0. The van der Waals surface area contributed by atoms with Crippen molar-refractivity contribution in [3.8, 4) is 6.07 Å². The molecule has 1 heterocycles. The van der Waals surface area contributed by atoms with E-state index in [1.807, 2.05) is 6.07 Å². The monoisotopic (exact) mass is 296 g/mol. The highest BCUT2D eigenvalue weighted by atomic mass is 32.2. The molecule has 0 radical (unpaired) electrons. The van der Waals surface area contributed by atoms with Crippen LogP contribution in [0, 0.1) is 11.3 Å². The molecule has 1 aromatic carbocycles. The van der Waals surface area contributed by atoms with E-state index in [0.717, 1.165) is 23.5 Å². The molecule has 0 spiro atoms. The zero-order chi connectivity index (χ0) is 13.9. The molecule has 4 nitrogen and oxygen atoms in total. The van der Waals surface area contributed by atoms with Crippen LogP contribution in [0.5, 0.6) is 0 Å². The van der Waals surface area contributed by atoms with Crippen molar-refractivity contribution < 1.29 is 8.42 Å². The molecule has 1 atom stereocenters. The predicted octanol–water partition coefficient (Wildman–Crippen LogP) is 1.83. The Morgan fingerprint density at radius 1 is 1.42 bits per heavy atom. The highest BCUT2D eigenvalue weighted by Gasteiger charge is 2.28. The van der Waals surface area contributed by atoms with Gasteiger partial charge in [0.05, 0.1) is 17.4 Å². The van der Waals surface area contributed by atoms with E-state index in [2.05, 4.69) is 0 Å². The minimum Gasteiger partial charge on any atom is -0.212 e. The Balaban J connectivity index is 2.09. The van der Waals surface area contributed by atoms with E-state index in [4.69, 9.17) is 5.26 Å². The number of thioether (sulfide) groups is 1. The van der Waals surface area contributed by atoms with E-state index >= 15 is 0 Å². The largest absolute Gasteiger partial charge is 0.218 e. The molecule has 0 aliphatic carbocycles. The van der Waals surface area contributed by atoms with Gasteiger partial charge in [-0.05, 0) is 29.9 Å². The highest BCUT2D eigenvalue weighted by Crippen LogP contribution is 2.24. The summed E-state index contributed by atoms with van der Waals surface area (Å²) >= 11 is 1.80. The lowest BCUT2D eigenvalue weighted by atomic mass is 10.2. The van der Waals surface area contributed by atoms with Crippen molar-refractivity contribution in [3.63, 3.8) is 0 Å². The third-order valence-electron chi connectivity index (χ3n) is 3.29. The Hall–Kier alpha value is -1.03. The van der Waals surface area contributed by atoms with E-state index in [1.165, 1.54) is 4.31 Å². The van der Waals surface area contributed by atoms with Crippen LogP contribution >= 0.6 is 11.8 Å². The molecule has 1 fully saturated rings. The van der Waals surface area contributed by atoms with Crippen molar-refractivity contribution in [2.45, 2.75) is 18.2 Å². The fraction of sp³-hybridized carbons (Fsp3) is 0.462. The van der Waals surface area contributed by atoms with Crippen molar-refractivity contribution in [1.82, 2.24) is 4.31 Å². The van der Waals surface area contributed by atoms with Gasteiger partial charge in [0, 0.05) is 18.8 Å². The van der Waals surface area contributed by atoms with Crippen LogP contribution in [0.15, 0.2) is 24.3 Å². The Kier molecular flexibility index (Phi) is 4.50. The maximum absolute atomic E-state index is 12.3. The fourth-order valence-electron chi connectivity index (χ4n) is 2.02. The normalized spacial score (nSPS) is 19.5. The van der Waals surface area contributed by atoms with Gasteiger partial charge in [-0.15, -0.1) is 0 Å². The minimum atomic E-state index is -3.28. The highest BCUT2D eigenvalue weighted by molar-refractivity contribution is 7.99. The molecule has 0 aromatic heterocycles. The summed E-state index contributed by atoms with van der Waals surface area (Å²) < 4.78 is 26.1. The van der Waals surface area contributed by atoms with E-state index < -0.39 is 10.0 Å². The van der Waals surface area contributed by atoms with Gasteiger partial charge in [0.15, 0.2) is 0 Å². The molecular weight excluding hydrogens is 280 g/mol. The summed E-state index contributed by atoms with van der Waals surface area (Å²) in [7, 11) is -1.62. The second-order valence-electron chi connectivity index (χ2n) is 4.60. The van der Waals surface area contributed by atoms with Crippen molar-refractivity contribution in [3.05, 3.63) is 35.4 Å². The lowest BCUT2D eigenvalue weighted by Gasteiger charge is -2.23. The lowest BCUT2D eigenvalue weighted by Crippen LogP contribution is -2.37. The summed E-state index contributed by atoms with van der Waals surface area (Å²) in [4.78, 5) is 0. The molecular formula is C13H16N2O2S2. The Morgan fingerprint density at radius 3 is 2.63 bits per heavy atom. The summed E-state index contributed by atoms with van der Waals surface area (Å²) in [6, 6.07) is 8.84. The van der Waals surface area contributed by atoms with Gasteiger partial charge in [0.1, 0.15) is 0 Å². The van der Waals surface area contributed by atoms with Crippen LogP contribution in [0.1, 0.15) is 17.5 Å². The Bertz CT molecular complexity index is 570. The van der Waals surface area contributed by atoms with E-state index in [1.54, 1.807) is 43.1 Å². The summed E-state index contributed by atoms with van der Waals surface area (Å²) in [5.74, 6) is 1.90. The summed E-state index contributed by atoms with van der Waals surface area (Å²) in [5.41, 5.74) is 1.26. The van der Waals surface area contributed by atoms with Gasteiger partial charge < -0.3 is 0 Å². The first kappa shape index (κ1) is 14.4. The van der Waals surface area contributed by atoms with Crippen LogP contribution in [0.3, 0.4) is 0 Å².